The molecule has 0 aliphatic carbocycles. The van der Waals surface area contributed by atoms with Crippen LogP contribution in [0.2, 0.25) is 0 Å². The fourth-order valence-electron chi connectivity index (χ4n) is 1.43. The number of halogens is 2. The van der Waals surface area contributed by atoms with Crippen LogP contribution >= 0.6 is 44.1 Å². The van der Waals surface area contributed by atoms with Crippen LogP contribution in [0.3, 0.4) is 0 Å². The predicted molar refractivity (Wildman–Crippen MR) is 87.8 cm³/mol. The van der Waals surface area contributed by atoms with Gasteiger partial charge in [-0.2, -0.15) is 0 Å². The van der Waals surface area contributed by atoms with E-state index in [0.717, 1.165) is 10.0 Å². The molecule has 3 N–H and O–H groups in total. The Morgan fingerprint density at radius 3 is 2.47 bits per heavy atom. The summed E-state index contributed by atoms with van der Waals surface area (Å²) in [5.41, 5.74) is 6.45. The van der Waals surface area contributed by atoms with E-state index in [4.69, 9.17) is 18.0 Å². The first-order valence-corrected chi connectivity index (χ1v) is 8.94. The van der Waals surface area contributed by atoms with Gasteiger partial charge in [-0.05, 0) is 47.0 Å². The Morgan fingerprint density at radius 2 is 2.00 bits per heavy atom. The van der Waals surface area contributed by atoms with Gasteiger partial charge in [0.05, 0.1) is 15.9 Å². The van der Waals surface area contributed by atoms with Crippen LogP contribution in [0.4, 0.5) is 0 Å². The first kappa shape index (κ1) is 17.0. The number of nitrogens with two attached hydrogens (primary N) is 1. The van der Waals surface area contributed by atoms with E-state index in [1.807, 2.05) is 13.8 Å². The monoisotopic (exact) mass is 428 g/mol. The van der Waals surface area contributed by atoms with Gasteiger partial charge in [0.15, 0.2) is 0 Å². The van der Waals surface area contributed by atoms with E-state index in [-0.39, 0.29) is 9.88 Å². The van der Waals surface area contributed by atoms with Crippen LogP contribution in [0, 0.1) is 6.92 Å². The van der Waals surface area contributed by atoms with E-state index < -0.39 is 16.1 Å². The van der Waals surface area contributed by atoms with E-state index in [0.29, 0.717) is 10.9 Å². The lowest BCUT2D eigenvalue weighted by Crippen LogP contribution is -2.43. The van der Waals surface area contributed by atoms with E-state index in [9.17, 15) is 8.42 Å². The number of hydrogen-bond donors (Lipinski definition) is 2. The number of benzene rings is 1. The molecular weight excluding hydrogens is 416 g/mol. The number of aryl methyl sites for hydroxylation is 1. The maximum absolute atomic E-state index is 12.3. The van der Waals surface area contributed by atoms with E-state index in [1.54, 1.807) is 12.1 Å². The van der Waals surface area contributed by atoms with Gasteiger partial charge >= 0.3 is 0 Å². The molecular formula is C11H14Br2N2O2S2. The Labute approximate surface area is 135 Å². The molecule has 19 heavy (non-hydrogen) atoms. The Morgan fingerprint density at radius 1 is 1.42 bits per heavy atom. The summed E-state index contributed by atoms with van der Waals surface area (Å²) in [6.45, 7) is 3.69. The van der Waals surface area contributed by atoms with E-state index >= 15 is 0 Å². The molecule has 0 aliphatic rings. The molecule has 1 atom stereocenters. The van der Waals surface area contributed by atoms with Crippen molar-refractivity contribution in [2.24, 2.45) is 5.73 Å². The van der Waals surface area contributed by atoms with Gasteiger partial charge in [-0.25, -0.2) is 13.1 Å². The lowest BCUT2D eigenvalue weighted by Gasteiger charge is -2.17. The average Bonchev–Trinajstić information content (AvgIpc) is 2.30. The molecule has 0 bridgehead atoms. The third-order valence-electron chi connectivity index (χ3n) is 2.55. The second-order valence-corrected chi connectivity index (χ2v) is 7.88. The summed E-state index contributed by atoms with van der Waals surface area (Å²) >= 11 is 11.4. The van der Waals surface area contributed by atoms with Crippen LogP contribution in [-0.4, -0.2) is 19.4 Å². The van der Waals surface area contributed by atoms with Crippen molar-refractivity contribution >= 4 is 59.1 Å². The predicted octanol–water partition coefficient (Wildman–Crippen LogP) is 2.86. The van der Waals surface area contributed by atoms with Crippen molar-refractivity contribution in [3.8, 4) is 0 Å². The van der Waals surface area contributed by atoms with Crippen LogP contribution in [0.1, 0.15) is 18.9 Å². The minimum absolute atomic E-state index is 0.133. The minimum atomic E-state index is -3.68. The number of thiocarbonyl (C=S) groups is 1. The van der Waals surface area contributed by atoms with Crippen molar-refractivity contribution in [2.75, 3.05) is 0 Å². The van der Waals surface area contributed by atoms with Gasteiger partial charge in [-0.15, -0.1) is 0 Å². The zero-order valence-corrected chi connectivity index (χ0v) is 15.2. The van der Waals surface area contributed by atoms with E-state index in [2.05, 4.69) is 36.6 Å². The number of nitrogens with one attached hydrogen (secondary N) is 1. The molecule has 0 saturated carbocycles. The molecule has 106 valence electrons. The molecule has 0 heterocycles. The van der Waals surface area contributed by atoms with Crippen LogP contribution < -0.4 is 10.5 Å². The summed E-state index contributed by atoms with van der Waals surface area (Å²) in [6.07, 6.45) is 0.499. The Bertz CT molecular complexity index is 603. The summed E-state index contributed by atoms with van der Waals surface area (Å²) in [5.74, 6) is 0. The second kappa shape index (κ2) is 6.62. The topological polar surface area (TPSA) is 72.2 Å². The van der Waals surface area contributed by atoms with Gasteiger partial charge in [0.2, 0.25) is 10.0 Å². The highest BCUT2D eigenvalue weighted by molar-refractivity contribution is 9.11. The Hall–Kier alpha value is -0.0200. The highest BCUT2D eigenvalue weighted by Crippen LogP contribution is 2.28. The zero-order chi connectivity index (χ0) is 14.8. The van der Waals surface area contributed by atoms with Gasteiger partial charge in [0.1, 0.15) is 0 Å². The first-order valence-electron chi connectivity index (χ1n) is 5.46. The highest BCUT2D eigenvalue weighted by Gasteiger charge is 2.23. The van der Waals surface area contributed by atoms with Crippen LogP contribution in [0.5, 0.6) is 0 Å². The molecule has 0 fully saturated rings. The molecule has 0 amide bonds. The minimum Gasteiger partial charge on any atom is -0.392 e. The molecule has 0 aromatic heterocycles. The fraction of sp³-hybridized carbons (Fsp3) is 0.364. The SMILES string of the molecule is CCC(NS(=O)(=O)c1cc(Br)c(C)cc1Br)C(N)=S. The molecule has 0 radical (unpaired) electrons. The normalized spacial score (nSPS) is 13.3. The molecule has 1 aromatic carbocycles. The van der Waals surface area contributed by atoms with Crippen molar-refractivity contribution < 1.29 is 8.42 Å². The maximum Gasteiger partial charge on any atom is 0.242 e. The van der Waals surface area contributed by atoms with Gasteiger partial charge in [-0.3, -0.25) is 0 Å². The highest BCUT2D eigenvalue weighted by atomic mass is 79.9. The van der Waals surface area contributed by atoms with Gasteiger partial charge in [-0.1, -0.05) is 35.1 Å². The van der Waals surface area contributed by atoms with Crippen LogP contribution in [0.25, 0.3) is 0 Å². The number of rotatable bonds is 5. The maximum atomic E-state index is 12.3. The third kappa shape index (κ3) is 4.22. The number of sulfonamides is 1. The molecule has 4 nitrogen and oxygen atoms in total. The van der Waals surface area contributed by atoms with Gasteiger partial charge in [0.25, 0.3) is 0 Å². The lowest BCUT2D eigenvalue weighted by atomic mass is 10.2. The molecule has 8 heteroatoms. The quantitative estimate of drug-likeness (QED) is 0.705. The third-order valence-corrected chi connectivity index (χ3v) is 6.12. The lowest BCUT2D eigenvalue weighted by molar-refractivity contribution is 0.572. The fourth-order valence-corrected chi connectivity index (χ4v) is 4.70. The Balaban J connectivity index is 3.21. The molecule has 1 unspecified atom stereocenters. The molecule has 0 aliphatic heterocycles. The summed E-state index contributed by atoms with van der Waals surface area (Å²) in [4.78, 5) is 0.285. The van der Waals surface area contributed by atoms with Crippen molar-refractivity contribution in [1.29, 1.82) is 0 Å². The zero-order valence-electron chi connectivity index (χ0n) is 10.4. The van der Waals surface area contributed by atoms with Gasteiger partial charge in [0, 0.05) is 8.95 Å². The molecule has 0 spiro atoms. The van der Waals surface area contributed by atoms with Crippen molar-refractivity contribution in [1.82, 2.24) is 4.72 Å². The summed E-state index contributed by atoms with van der Waals surface area (Å²) in [6, 6.07) is 2.74. The summed E-state index contributed by atoms with van der Waals surface area (Å²) in [5, 5.41) is 0. The van der Waals surface area contributed by atoms with E-state index in [1.165, 1.54) is 0 Å². The molecule has 1 rings (SSSR count). The summed E-state index contributed by atoms with van der Waals surface area (Å²) in [7, 11) is -3.68. The Kier molecular flexibility index (Phi) is 5.94. The molecule has 1 aromatic rings. The van der Waals surface area contributed by atoms with Crippen LogP contribution in [0.15, 0.2) is 26.0 Å². The smallest absolute Gasteiger partial charge is 0.242 e. The largest absolute Gasteiger partial charge is 0.392 e. The van der Waals surface area contributed by atoms with Crippen molar-refractivity contribution in [2.45, 2.75) is 31.2 Å². The number of hydrogen-bond acceptors (Lipinski definition) is 3. The standard InChI is InChI=1S/C11H14Br2N2O2S2/c1-3-9(11(14)18)15-19(16,17)10-5-7(12)6(2)4-8(10)13/h4-5,9,15H,3H2,1-2H3,(H2,14,18). The average molecular weight is 430 g/mol. The van der Waals surface area contributed by atoms with Crippen LogP contribution in [-0.2, 0) is 10.0 Å². The second-order valence-electron chi connectivity index (χ2n) is 4.02. The van der Waals surface area contributed by atoms with Crippen molar-refractivity contribution in [3.05, 3.63) is 26.6 Å². The van der Waals surface area contributed by atoms with Gasteiger partial charge < -0.3 is 5.73 Å². The first-order chi connectivity index (χ1) is 8.69. The summed E-state index contributed by atoms with van der Waals surface area (Å²) < 4.78 is 28.3. The van der Waals surface area contributed by atoms with Crippen molar-refractivity contribution in [3.63, 3.8) is 0 Å². The molecule has 0 saturated heterocycles.